The van der Waals surface area contributed by atoms with Crippen molar-refractivity contribution >= 4 is 17.4 Å². The molecule has 0 fully saturated rings. The first-order valence-electron chi connectivity index (χ1n) is 7.66. The molecule has 24 heavy (non-hydrogen) atoms. The van der Waals surface area contributed by atoms with Crippen LogP contribution in [0.25, 0.3) is 11.1 Å². The Hall–Kier alpha value is -2.95. The first-order chi connectivity index (χ1) is 11.5. The van der Waals surface area contributed by atoms with Crippen LogP contribution in [0.1, 0.15) is 20.8 Å². The number of benzene rings is 1. The molecule has 1 aromatic carbocycles. The number of aromatic nitrogens is 1. The van der Waals surface area contributed by atoms with Gasteiger partial charge in [-0.15, -0.1) is 0 Å². The number of pyridine rings is 1. The van der Waals surface area contributed by atoms with E-state index in [1.54, 1.807) is 26.2 Å². The van der Waals surface area contributed by atoms with E-state index in [2.05, 4.69) is 10.3 Å². The third kappa shape index (κ3) is 4.78. The standard InChI is InChI=1S/C19H20N2O3/c1-13(2)24-19(23)18(14(3)22)12-21-17-6-4-5-16(11-17)15-7-9-20-10-8-15/h4-13,21H,1-3H3. The summed E-state index contributed by atoms with van der Waals surface area (Å²) < 4.78 is 5.08. The molecule has 5 nitrogen and oxygen atoms in total. The number of nitrogens with zero attached hydrogens (tertiary/aromatic N) is 1. The number of nitrogens with one attached hydrogen (secondary N) is 1. The zero-order chi connectivity index (χ0) is 17.5. The van der Waals surface area contributed by atoms with Crippen molar-refractivity contribution in [3.63, 3.8) is 0 Å². The van der Waals surface area contributed by atoms with E-state index in [0.717, 1.165) is 16.8 Å². The average Bonchev–Trinajstić information content (AvgIpc) is 2.55. The second-order valence-electron chi connectivity index (χ2n) is 5.53. The summed E-state index contributed by atoms with van der Waals surface area (Å²) >= 11 is 0. The van der Waals surface area contributed by atoms with E-state index in [-0.39, 0.29) is 17.5 Å². The van der Waals surface area contributed by atoms with Crippen molar-refractivity contribution in [2.45, 2.75) is 26.9 Å². The molecule has 0 aliphatic heterocycles. The highest BCUT2D eigenvalue weighted by atomic mass is 16.5. The van der Waals surface area contributed by atoms with Crippen LogP contribution in [0, 0.1) is 0 Å². The maximum absolute atomic E-state index is 11.9. The van der Waals surface area contributed by atoms with Crippen LogP contribution in [-0.4, -0.2) is 22.8 Å². The van der Waals surface area contributed by atoms with Crippen LogP contribution in [-0.2, 0) is 14.3 Å². The number of hydrogen-bond acceptors (Lipinski definition) is 5. The van der Waals surface area contributed by atoms with Gasteiger partial charge in [0.2, 0.25) is 0 Å². The Balaban J connectivity index is 2.20. The molecular formula is C19H20N2O3. The molecule has 2 aromatic rings. The van der Waals surface area contributed by atoms with Crippen LogP contribution in [0.5, 0.6) is 0 Å². The lowest BCUT2D eigenvalue weighted by Gasteiger charge is -2.10. The summed E-state index contributed by atoms with van der Waals surface area (Å²) in [5.74, 6) is -0.978. The Labute approximate surface area is 141 Å². The van der Waals surface area contributed by atoms with E-state index in [1.165, 1.54) is 13.1 Å². The molecule has 0 aliphatic carbocycles. The zero-order valence-electron chi connectivity index (χ0n) is 13.9. The van der Waals surface area contributed by atoms with Crippen molar-refractivity contribution in [3.05, 3.63) is 60.6 Å². The predicted molar refractivity (Wildman–Crippen MR) is 93.3 cm³/mol. The molecule has 1 heterocycles. The quantitative estimate of drug-likeness (QED) is 0.381. The van der Waals surface area contributed by atoms with Crippen molar-refractivity contribution in [2.24, 2.45) is 0 Å². The fraction of sp³-hybridized carbons (Fsp3) is 0.211. The molecule has 124 valence electrons. The van der Waals surface area contributed by atoms with Gasteiger partial charge >= 0.3 is 5.97 Å². The number of ketones is 1. The van der Waals surface area contributed by atoms with Gasteiger partial charge in [-0.3, -0.25) is 9.78 Å². The highest BCUT2D eigenvalue weighted by Gasteiger charge is 2.17. The normalized spacial score (nSPS) is 11.2. The van der Waals surface area contributed by atoms with E-state index in [9.17, 15) is 9.59 Å². The summed E-state index contributed by atoms with van der Waals surface area (Å²) in [6.45, 7) is 4.81. The monoisotopic (exact) mass is 324 g/mol. The van der Waals surface area contributed by atoms with E-state index < -0.39 is 5.97 Å². The highest BCUT2D eigenvalue weighted by Crippen LogP contribution is 2.22. The molecule has 0 amide bonds. The van der Waals surface area contributed by atoms with Crippen LogP contribution in [0.4, 0.5) is 5.69 Å². The summed E-state index contributed by atoms with van der Waals surface area (Å²) in [4.78, 5) is 27.6. The van der Waals surface area contributed by atoms with Crippen molar-refractivity contribution < 1.29 is 14.3 Å². The molecule has 0 aliphatic rings. The Kier molecular flexibility index (Phi) is 5.84. The van der Waals surface area contributed by atoms with E-state index in [0.29, 0.717) is 0 Å². The van der Waals surface area contributed by atoms with E-state index in [1.807, 2.05) is 36.4 Å². The minimum absolute atomic E-state index is 0.0157. The van der Waals surface area contributed by atoms with Gasteiger partial charge in [0.05, 0.1) is 6.10 Å². The molecule has 0 unspecified atom stereocenters. The van der Waals surface area contributed by atoms with Crippen LogP contribution in [0.15, 0.2) is 60.6 Å². The van der Waals surface area contributed by atoms with Gasteiger partial charge in [0.1, 0.15) is 5.57 Å². The van der Waals surface area contributed by atoms with Gasteiger partial charge in [0.25, 0.3) is 0 Å². The van der Waals surface area contributed by atoms with Crippen molar-refractivity contribution in [1.29, 1.82) is 0 Å². The minimum Gasteiger partial charge on any atom is -0.459 e. The van der Waals surface area contributed by atoms with E-state index in [4.69, 9.17) is 4.74 Å². The maximum atomic E-state index is 11.9. The molecule has 0 radical (unpaired) electrons. The number of esters is 1. The maximum Gasteiger partial charge on any atom is 0.343 e. The number of anilines is 1. The number of carbonyl (C=O) groups is 2. The summed E-state index contributed by atoms with van der Waals surface area (Å²) in [5, 5.41) is 2.99. The van der Waals surface area contributed by atoms with Crippen molar-refractivity contribution in [1.82, 2.24) is 4.98 Å². The summed E-state index contributed by atoms with van der Waals surface area (Å²) in [6, 6.07) is 11.5. The van der Waals surface area contributed by atoms with Gasteiger partial charge in [-0.25, -0.2) is 4.79 Å². The van der Waals surface area contributed by atoms with Gasteiger partial charge < -0.3 is 10.1 Å². The Morgan fingerprint density at radius 2 is 1.83 bits per heavy atom. The van der Waals surface area contributed by atoms with Gasteiger partial charge in [-0.1, -0.05) is 12.1 Å². The number of ether oxygens (including phenoxy) is 1. The second-order valence-corrected chi connectivity index (χ2v) is 5.53. The number of Topliss-reactive ketones (excluding diaryl/α,β-unsaturated/α-hetero) is 1. The average molecular weight is 324 g/mol. The zero-order valence-corrected chi connectivity index (χ0v) is 13.9. The van der Waals surface area contributed by atoms with Gasteiger partial charge in [0, 0.05) is 24.3 Å². The van der Waals surface area contributed by atoms with Gasteiger partial charge in [-0.05, 0) is 56.2 Å². The molecular weight excluding hydrogens is 304 g/mol. The van der Waals surface area contributed by atoms with Gasteiger partial charge in [0.15, 0.2) is 5.78 Å². The largest absolute Gasteiger partial charge is 0.459 e. The summed E-state index contributed by atoms with van der Waals surface area (Å²) in [6.07, 6.45) is 4.56. The molecule has 1 N–H and O–H groups in total. The first kappa shape index (κ1) is 17.4. The third-order valence-electron chi connectivity index (χ3n) is 3.20. The van der Waals surface area contributed by atoms with Crippen molar-refractivity contribution in [3.8, 4) is 11.1 Å². The lowest BCUT2D eigenvalue weighted by molar-refractivity contribution is -0.143. The Bertz CT molecular complexity index is 752. The number of hydrogen-bond donors (Lipinski definition) is 1. The van der Waals surface area contributed by atoms with Crippen LogP contribution in [0.3, 0.4) is 0 Å². The minimum atomic E-state index is -0.629. The van der Waals surface area contributed by atoms with Crippen LogP contribution >= 0.6 is 0 Å². The predicted octanol–water partition coefficient (Wildman–Crippen LogP) is 3.59. The lowest BCUT2D eigenvalue weighted by Crippen LogP contribution is -2.18. The smallest absolute Gasteiger partial charge is 0.343 e. The highest BCUT2D eigenvalue weighted by molar-refractivity contribution is 6.16. The Morgan fingerprint density at radius 1 is 1.12 bits per heavy atom. The summed E-state index contributed by atoms with van der Waals surface area (Å²) in [7, 11) is 0. The first-order valence-corrected chi connectivity index (χ1v) is 7.66. The molecule has 0 saturated heterocycles. The fourth-order valence-corrected chi connectivity index (χ4v) is 2.07. The van der Waals surface area contributed by atoms with E-state index >= 15 is 0 Å². The Morgan fingerprint density at radius 3 is 2.46 bits per heavy atom. The van der Waals surface area contributed by atoms with Crippen LogP contribution in [0.2, 0.25) is 0 Å². The second kappa shape index (κ2) is 8.06. The number of rotatable bonds is 6. The molecule has 5 heteroatoms. The molecule has 0 atom stereocenters. The van der Waals surface area contributed by atoms with Crippen molar-refractivity contribution in [2.75, 3.05) is 5.32 Å². The SMILES string of the molecule is CC(=O)C(=CNc1cccc(-c2ccncc2)c1)C(=O)OC(C)C. The van der Waals surface area contributed by atoms with Crippen LogP contribution < -0.4 is 5.32 Å². The molecule has 0 spiro atoms. The summed E-state index contributed by atoms with van der Waals surface area (Å²) in [5.41, 5.74) is 2.78. The number of carbonyl (C=O) groups excluding carboxylic acids is 2. The fourth-order valence-electron chi connectivity index (χ4n) is 2.07. The molecule has 1 aromatic heterocycles. The lowest BCUT2D eigenvalue weighted by atomic mass is 10.1. The topological polar surface area (TPSA) is 68.3 Å². The molecule has 0 saturated carbocycles. The molecule has 0 bridgehead atoms. The molecule has 2 rings (SSSR count). The third-order valence-corrected chi connectivity index (χ3v) is 3.20. The van der Waals surface area contributed by atoms with Gasteiger partial charge in [-0.2, -0.15) is 0 Å².